The summed E-state index contributed by atoms with van der Waals surface area (Å²) in [6.45, 7) is 6.93. The van der Waals surface area contributed by atoms with Gasteiger partial charge in [0.1, 0.15) is 5.00 Å². The molecule has 2 aromatic rings. The molecule has 166 valence electrons. The third kappa shape index (κ3) is 5.01. The molecule has 1 amide bonds. The molecule has 2 aliphatic rings. The van der Waals surface area contributed by atoms with Crippen molar-refractivity contribution in [2.75, 3.05) is 25.0 Å². The Hall–Kier alpha value is -2.18. The van der Waals surface area contributed by atoms with Gasteiger partial charge in [0.05, 0.1) is 18.1 Å². The van der Waals surface area contributed by atoms with E-state index in [1.165, 1.54) is 16.0 Å². The summed E-state index contributed by atoms with van der Waals surface area (Å²) in [5.74, 6) is -0.340. The van der Waals surface area contributed by atoms with Crippen LogP contribution in [0.25, 0.3) is 0 Å². The number of thiophene rings is 1. The van der Waals surface area contributed by atoms with E-state index < -0.39 is 0 Å². The zero-order valence-electron chi connectivity index (χ0n) is 18.5. The first-order valence-electron chi connectivity index (χ1n) is 11.5. The maximum absolute atomic E-state index is 13.2. The Morgan fingerprint density at radius 2 is 2.00 bits per heavy atom. The number of nitrogens with zero attached hydrogens (tertiary/aromatic N) is 1. The highest BCUT2D eigenvalue weighted by molar-refractivity contribution is 7.17. The number of aryl methyl sites for hydroxylation is 2. The summed E-state index contributed by atoms with van der Waals surface area (Å²) in [5, 5.41) is 3.81. The van der Waals surface area contributed by atoms with Crippen molar-refractivity contribution in [2.24, 2.45) is 5.92 Å². The van der Waals surface area contributed by atoms with Gasteiger partial charge in [-0.3, -0.25) is 9.69 Å². The predicted octanol–water partition coefficient (Wildman–Crippen LogP) is 4.96. The van der Waals surface area contributed by atoms with Gasteiger partial charge in [-0.15, -0.1) is 11.3 Å². The van der Waals surface area contributed by atoms with E-state index in [9.17, 15) is 9.59 Å². The number of rotatable bonds is 6. The van der Waals surface area contributed by atoms with E-state index in [1.54, 1.807) is 11.3 Å². The topological polar surface area (TPSA) is 58.6 Å². The quantitative estimate of drug-likeness (QED) is 0.645. The van der Waals surface area contributed by atoms with Gasteiger partial charge in [-0.1, -0.05) is 24.3 Å². The molecule has 0 bridgehead atoms. The molecule has 0 spiro atoms. The molecule has 1 saturated heterocycles. The fourth-order valence-electron chi connectivity index (χ4n) is 4.73. The molecule has 1 aliphatic carbocycles. The zero-order chi connectivity index (χ0) is 21.8. The van der Waals surface area contributed by atoms with Gasteiger partial charge in [0.25, 0.3) is 0 Å². The average Bonchev–Trinajstić information content (AvgIpc) is 3.13. The minimum absolute atomic E-state index is 0.0265. The molecule has 4 rings (SSSR count). The Morgan fingerprint density at radius 3 is 2.81 bits per heavy atom. The maximum Gasteiger partial charge on any atom is 0.341 e. The lowest BCUT2D eigenvalue weighted by Crippen LogP contribution is -2.40. The molecule has 31 heavy (non-hydrogen) atoms. The Labute approximate surface area is 188 Å². The number of carbonyl (C=O) groups is 2. The number of likely N-dealkylation sites (tertiary alicyclic amines) is 1. The number of amides is 1. The molecular formula is C25H32N2O3S. The first-order valence-corrected chi connectivity index (χ1v) is 12.3. The normalized spacial score (nSPS) is 19.0. The number of anilines is 1. The molecular weight excluding hydrogens is 408 g/mol. The summed E-state index contributed by atoms with van der Waals surface area (Å²) in [6.07, 6.45) is 5.99. The summed E-state index contributed by atoms with van der Waals surface area (Å²) in [7, 11) is 0. The van der Waals surface area contributed by atoms with Crippen molar-refractivity contribution in [3.8, 4) is 0 Å². The van der Waals surface area contributed by atoms with Gasteiger partial charge in [0.2, 0.25) is 5.91 Å². The smallest absolute Gasteiger partial charge is 0.341 e. The van der Waals surface area contributed by atoms with Crippen LogP contribution in [0.3, 0.4) is 0 Å². The van der Waals surface area contributed by atoms with Crippen LogP contribution in [0.5, 0.6) is 0 Å². The zero-order valence-corrected chi connectivity index (χ0v) is 19.4. The van der Waals surface area contributed by atoms with Gasteiger partial charge in [0.15, 0.2) is 0 Å². The van der Waals surface area contributed by atoms with Gasteiger partial charge >= 0.3 is 5.97 Å². The van der Waals surface area contributed by atoms with E-state index in [2.05, 4.69) is 41.4 Å². The molecule has 0 saturated carbocycles. The van der Waals surface area contributed by atoms with Crippen molar-refractivity contribution in [3.63, 3.8) is 0 Å². The molecule has 1 atom stereocenters. The van der Waals surface area contributed by atoms with Crippen molar-refractivity contribution >= 4 is 28.2 Å². The van der Waals surface area contributed by atoms with Gasteiger partial charge in [-0.2, -0.15) is 0 Å². The monoisotopic (exact) mass is 440 g/mol. The van der Waals surface area contributed by atoms with E-state index in [0.717, 1.165) is 63.7 Å². The van der Waals surface area contributed by atoms with Crippen LogP contribution in [-0.4, -0.2) is 36.5 Å². The van der Waals surface area contributed by atoms with E-state index in [0.29, 0.717) is 17.2 Å². The molecule has 5 nitrogen and oxygen atoms in total. The van der Waals surface area contributed by atoms with Crippen LogP contribution in [0.1, 0.15) is 64.5 Å². The highest BCUT2D eigenvalue weighted by Gasteiger charge is 2.30. The number of fused-ring (bicyclic) bond motifs is 1. The summed E-state index contributed by atoms with van der Waals surface area (Å²) in [6, 6.07) is 8.44. The number of piperidine rings is 1. The standard InChI is InChI=1S/C25H32N2O3S/c1-3-30-25(29)22-20-12-6-7-13-21(20)31-24(22)26-23(28)19-11-8-14-27(16-19)15-18-10-5-4-9-17(18)2/h4-5,9-10,19H,3,6-8,11-16H2,1-2H3,(H,26,28). The predicted molar refractivity (Wildman–Crippen MR) is 125 cm³/mol. The highest BCUT2D eigenvalue weighted by Crippen LogP contribution is 2.39. The molecule has 1 aromatic heterocycles. The van der Waals surface area contributed by atoms with E-state index in [1.807, 2.05) is 6.92 Å². The first-order chi connectivity index (χ1) is 15.1. The second-order valence-electron chi connectivity index (χ2n) is 8.63. The van der Waals surface area contributed by atoms with E-state index >= 15 is 0 Å². The molecule has 2 heterocycles. The van der Waals surface area contributed by atoms with Gasteiger partial charge < -0.3 is 10.1 Å². The first kappa shape index (κ1) is 22.0. The third-order valence-electron chi connectivity index (χ3n) is 6.42. The Kier molecular flexibility index (Phi) is 7.08. The number of nitrogens with one attached hydrogen (secondary N) is 1. The van der Waals surface area contributed by atoms with Crippen LogP contribution < -0.4 is 5.32 Å². The molecule has 1 unspecified atom stereocenters. The van der Waals surface area contributed by atoms with E-state index in [4.69, 9.17) is 4.74 Å². The number of ether oxygens (including phenoxy) is 1. The molecule has 1 fully saturated rings. The van der Waals surface area contributed by atoms with Crippen LogP contribution in [-0.2, 0) is 28.9 Å². The summed E-state index contributed by atoms with van der Waals surface area (Å²) >= 11 is 1.57. The van der Waals surface area contributed by atoms with Crippen molar-refractivity contribution in [1.29, 1.82) is 0 Å². The minimum atomic E-state index is -0.304. The van der Waals surface area contributed by atoms with Crippen LogP contribution in [0.2, 0.25) is 0 Å². The average molecular weight is 441 g/mol. The SMILES string of the molecule is CCOC(=O)c1c(NC(=O)C2CCCN(Cc3ccccc3C)C2)sc2c1CCCC2. The van der Waals surface area contributed by atoms with Crippen LogP contribution in [0, 0.1) is 12.8 Å². The lowest BCUT2D eigenvalue weighted by atomic mass is 9.95. The van der Waals surface area contributed by atoms with Crippen LogP contribution in [0.15, 0.2) is 24.3 Å². The number of hydrogen-bond donors (Lipinski definition) is 1. The fourth-order valence-corrected chi connectivity index (χ4v) is 6.01. The van der Waals surface area contributed by atoms with Gasteiger partial charge in [-0.25, -0.2) is 4.79 Å². The Bertz CT molecular complexity index is 952. The number of carbonyl (C=O) groups excluding carboxylic acids is 2. The Morgan fingerprint density at radius 1 is 1.19 bits per heavy atom. The molecule has 0 radical (unpaired) electrons. The molecule has 1 aromatic carbocycles. The largest absolute Gasteiger partial charge is 0.462 e. The summed E-state index contributed by atoms with van der Waals surface area (Å²) < 4.78 is 5.32. The fraction of sp³-hybridized carbons (Fsp3) is 0.520. The van der Waals surface area contributed by atoms with Crippen molar-refractivity contribution in [1.82, 2.24) is 4.90 Å². The number of esters is 1. The summed E-state index contributed by atoms with van der Waals surface area (Å²) in [5.41, 5.74) is 4.30. The van der Waals surface area contributed by atoms with Crippen molar-refractivity contribution in [2.45, 2.75) is 58.9 Å². The van der Waals surface area contributed by atoms with Crippen molar-refractivity contribution < 1.29 is 14.3 Å². The van der Waals surface area contributed by atoms with Gasteiger partial charge in [-0.05, 0) is 75.6 Å². The minimum Gasteiger partial charge on any atom is -0.462 e. The van der Waals surface area contributed by atoms with E-state index in [-0.39, 0.29) is 17.8 Å². The summed E-state index contributed by atoms with van der Waals surface area (Å²) in [4.78, 5) is 29.5. The molecule has 1 N–H and O–H groups in total. The second-order valence-corrected chi connectivity index (χ2v) is 9.73. The third-order valence-corrected chi connectivity index (χ3v) is 7.63. The van der Waals surface area contributed by atoms with Crippen molar-refractivity contribution in [3.05, 3.63) is 51.4 Å². The Balaban J connectivity index is 1.47. The number of hydrogen-bond acceptors (Lipinski definition) is 5. The lowest BCUT2D eigenvalue weighted by molar-refractivity contribution is -0.121. The molecule has 1 aliphatic heterocycles. The maximum atomic E-state index is 13.2. The second kappa shape index (κ2) is 9.96. The lowest BCUT2D eigenvalue weighted by Gasteiger charge is -2.32. The highest BCUT2D eigenvalue weighted by atomic mass is 32.1. The van der Waals surface area contributed by atoms with Crippen LogP contribution >= 0.6 is 11.3 Å². The van der Waals surface area contributed by atoms with Crippen LogP contribution in [0.4, 0.5) is 5.00 Å². The van der Waals surface area contributed by atoms with Gasteiger partial charge in [0, 0.05) is 18.0 Å². The molecule has 6 heteroatoms. The number of benzene rings is 1.